The van der Waals surface area contributed by atoms with Gasteiger partial charge in [-0.25, -0.2) is 9.13 Å². The number of aromatic nitrogens is 2. The molecule has 0 aliphatic carbocycles. The lowest BCUT2D eigenvalue weighted by atomic mass is 10.3. The van der Waals surface area contributed by atoms with E-state index in [1.807, 2.05) is 7.05 Å². The van der Waals surface area contributed by atoms with Gasteiger partial charge in [0.05, 0.1) is 13.6 Å². The van der Waals surface area contributed by atoms with Gasteiger partial charge < -0.3 is 40.7 Å². The minimum atomic E-state index is -6.00. The monoisotopic (exact) mass is 317 g/mol. The summed E-state index contributed by atoms with van der Waals surface area (Å²) in [6.45, 7) is 3.31. The Kier molecular flexibility index (Phi) is 12.5. The van der Waals surface area contributed by atoms with Gasteiger partial charge in [0, 0.05) is 0 Å². The van der Waals surface area contributed by atoms with Crippen molar-refractivity contribution in [2.45, 2.75) is 19.9 Å². The number of aryl methyl sites for hydroxylation is 2. The first kappa shape index (κ1) is 23.8. The van der Waals surface area contributed by atoms with Crippen LogP contribution in [0.25, 0.3) is 0 Å². The van der Waals surface area contributed by atoms with Gasteiger partial charge in [0.15, 0.2) is 0 Å². The topological polar surface area (TPSA) is 45.3 Å². The molecule has 0 bridgehead atoms. The summed E-state index contributed by atoms with van der Waals surface area (Å²) < 4.78 is 82.2. The molecule has 1 aromatic heterocycles. The van der Waals surface area contributed by atoms with Crippen LogP contribution in [0.2, 0.25) is 0 Å². The predicted molar refractivity (Wildman–Crippen MR) is 62.3 cm³/mol. The second-order valence-corrected chi connectivity index (χ2v) is 3.31. The first-order valence-electron chi connectivity index (χ1n) is 5.08. The lowest BCUT2D eigenvalue weighted by Gasteiger charge is -1.94. The lowest BCUT2D eigenvalue weighted by Crippen LogP contribution is -2.23. The molecule has 0 radical (unpaired) electrons. The van der Waals surface area contributed by atoms with Crippen molar-refractivity contribution >= 4 is 14.5 Å². The van der Waals surface area contributed by atoms with Gasteiger partial charge in [-0.3, -0.25) is 0 Å². The Hall–Kier alpha value is -1.26. The van der Waals surface area contributed by atoms with E-state index in [9.17, 15) is 34.5 Å². The summed E-state index contributed by atoms with van der Waals surface area (Å²) in [5, 5.41) is 0. The van der Waals surface area contributed by atoms with Crippen LogP contribution in [0.5, 0.6) is 0 Å². The summed E-state index contributed by atoms with van der Waals surface area (Å²) in [5.74, 6) is 0. The number of hydrogen-bond donors (Lipinski definition) is 1. The zero-order chi connectivity index (χ0) is 15.7. The van der Waals surface area contributed by atoms with Gasteiger partial charge in [0.25, 0.3) is 0 Å². The third-order valence-electron chi connectivity index (χ3n) is 1.31. The summed E-state index contributed by atoms with van der Waals surface area (Å²) in [7, 11) is -9.97. The Morgan fingerprint density at radius 2 is 1.30 bits per heavy atom. The highest BCUT2D eigenvalue weighted by Crippen LogP contribution is 2.07. The summed E-state index contributed by atoms with van der Waals surface area (Å²) in [6, 6.07) is 0. The van der Waals surface area contributed by atoms with E-state index in [0.29, 0.717) is 0 Å². The standard InChI is InChI=1S/C7H13N2.2BF4.H3N/c1-3-4-9-6-5-8(2)7-9;2*2-1(3,4)5;/h5-7H,3-4H2,1-2H3;;;1H3/q+1;2*-1;/p+1. The average Bonchev–Trinajstić information content (AvgIpc) is 2.45. The van der Waals surface area contributed by atoms with Gasteiger partial charge in [-0.1, -0.05) is 6.92 Å². The highest BCUT2D eigenvalue weighted by molar-refractivity contribution is 6.50. The molecule has 0 amide bonds. The van der Waals surface area contributed by atoms with E-state index in [2.05, 4.69) is 34.8 Å². The SMILES string of the molecule is CCCn1cc[n+](C)c1.F[B-](F)(F)F.F[B-](F)(F)F.[NH4+]. The second-order valence-electron chi connectivity index (χ2n) is 3.31. The Morgan fingerprint density at radius 3 is 1.50 bits per heavy atom. The van der Waals surface area contributed by atoms with Gasteiger partial charge in [-0.2, -0.15) is 0 Å². The second kappa shape index (κ2) is 10.5. The molecule has 122 valence electrons. The number of rotatable bonds is 2. The zero-order valence-corrected chi connectivity index (χ0v) is 11.2. The van der Waals surface area contributed by atoms with Crippen LogP contribution in [0, 0.1) is 0 Å². The third kappa shape index (κ3) is 36.0. The van der Waals surface area contributed by atoms with Crippen molar-refractivity contribution in [2.24, 2.45) is 7.05 Å². The van der Waals surface area contributed by atoms with Crippen LogP contribution in [0.1, 0.15) is 13.3 Å². The molecule has 1 heterocycles. The number of halogens is 8. The molecule has 1 aromatic rings. The van der Waals surface area contributed by atoms with Crippen LogP contribution in [-0.2, 0) is 13.6 Å². The summed E-state index contributed by atoms with van der Waals surface area (Å²) >= 11 is 0. The molecule has 0 spiro atoms. The normalized spacial score (nSPS) is 10.5. The first-order valence-corrected chi connectivity index (χ1v) is 5.08. The van der Waals surface area contributed by atoms with E-state index in [-0.39, 0.29) is 6.15 Å². The molecular weight excluding hydrogens is 300 g/mol. The van der Waals surface area contributed by atoms with Crippen LogP contribution >= 0.6 is 0 Å². The molecule has 4 N–H and O–H groups in total. The molecule has 13 heteroatoms. The zero-order valence-electron chi connectivity index (χ0n) is 11.2. The van der Waals surface area contributed by atoms with Crippen LogP contribution in [0.15, 0.2) is 18.7 Å². The van der Waals surface area contributed by atoms with E-state index >= 15 is 0 Å². The van der Waals surface area contributed by atoms with Crippen molar-refractivity contribution in [3.8, 4) is 0 Å². The molecule has 0 aliphatic rings. The minimum Gasteiger partial charge on any atom is -0.418 e. The largest absolute Gasteiger partial charge is 0.673 e. The molecule has 20 heavy (non-hydrogen) atoms. The first-order chi connectivity index (χ1) is 8.33. The smallest absolute Gasteiger partial charge is 0.418 e. The van der Waals surface area contributed by atoms with Crippen LogP contribution in [0.3, 0.4) is 0 Å². The molecule has 0 aromatic carbocycles. The van der Waals surface area contributed by atoms with Crippen LogP contribution in [0.4, 0.5) is 34.5 Å². The molecule has 1 rings (SSSR count). The van der Waals surface area contributed by atoms with Gasteiger partial charge in [-0.15, -0.1) is 0 Å². The number of hydrogen-bond acceptors (Lipinski definition) is 0. The molecule has 0 unspecified atom stereocenters. The summed E-state index contributed by atoms with van der Waals surface area (Å²) in [5.41, 5.74) is 0. The van der Waals surface area contributed by atoms with Crippen LogP contribution in [-0.4, -0.2) is 19.1 Å². The van der Waals surface area contributed by atoms with E-state index < -0.39 is 14.5 Å². The van der Waals surface area contributed by atoms with Crippen LogP contribution < -0.4 is 10.7 Å². The van der Waals surface area contributed by atoms with Crippen molar-refractivity contribution in [2.75, 3.05) is 0 Å². The molecular formula is C7H17B2F8N3. The Labute approximate surface area is 111 Å². The lowest BCUT2D eigenvalue weighted by molar-refractivity contribution is -0.671. The molecule has 0 saturated carbocycles. The Morgan fingerprint density at radius 1 is 0.950 bits per heavy atom. The highest BCUT2D eigenvalue weighted by Gasteiger charge is 2.21. The Balaban J connectivity index is -0.000000230. The number of nitrogens with zero attached hydrogens (tertiary/aromatic N) is 2. The average molecular weight is 317 g/mol. The minimum absolute atomic E-state index is 0. The van der Waals surface area contributed by atoms with E-state index in [0.717, 1.165) is 6.54 Å². The van der Waals surface area contributed by atoms with E-state index in [1.165, 1.54) is 6.42 Å². The fourth-order valence-corrected chi connectivity index (χ4v) is 0.892. The number of quaternary nitrogens is 1. The summed E-state index contributed by atoms with van der Waals surface area (Å²) in [4.78, 5) is 0. The fraction of sp³-hybridized carbons (Fsp3) is 0.571. The Bertz CT molecular complexity index is 314. The van der Waals surface area contributed by atoms with Gasteiger partial charge in [0.1, 0.15) is 12.4 Å². The van der Waals surface area contributed by atoms with Crippen molar-refractivity contribution in [3.05, 3.63) is 18.7 Å². The maximum Gasteiger partial charge on any atom is 0.673 e. The summed E-state index contributed by atoms with van der Waals surface area (Å²) in [6.07, 6.45) is 7.43. The highest BCUT2D eigenvalue weighted by atomic mass is 19.5. The van der Waals surface area contributed by atoms with E-state index in [4.69, 9.17) is 0 Å². The van der Waals surface area contributed by atoms with Crippen molar-refractivity contribution in [3.63, 3.8) is 0 Å². The van der Waals surface area contributed by atoms with E-state index in [1.54, 1.807) is 0 Å². The van der Waals surface area contributed by atoms with Gasteiger partial charge in [0.2, 0.25) is 6.33 Å². The van der Waals surface area contributed by atoms with Gasteiger partial charge >= 0.3 is 14.5 Å². The fourth-order valence-electron chi connectivity index (χ4n) is 0.892. The van der Waals surface area contributed by atoms with Crippen molar-refractivity contribution in [1.29, 1.82) is 0 Å². The molecule has 0 saturated heterocycles. The maximum atomic E-state index is 9.75. The molecule has 0 aliphatic heterocycles. The maximum absolute atomic E-state index is 9.75. The van der Waals surface area contributed by atoms with Gasteiger partial charge in [-0.05, 0) is 6.42 Å². The quantitative estimate of drug-likeness (QED) is 0.491. The molecule has 3 nitrogen and oxygen atoms in total. The molecule has 0 fully saturated rings. The third-order valence-corrected chi connectivity index (χ3v) is 1.31. The number of imidazole rings is 1. The molecule has 0 atom stereocenters. The van der Waals surface area contributed by atoms with Crippen molar-refractivity contribution in [1.82, 2.24) is 10.7 Å². The predicted octanol–water partition coefficient (Wildman–Crippen LogP) is 3.70. The van der Waals surface area contributed by atoms with Crippen molar-refractivity contribution < 1.29 is 39.1 Å².